The second-order valence-electron chi connectivity index (χ2n) is 4.97. The number of aromatic hydroxyl groups is 1. The van der Waals surface area contributed by atoms with Crippen molar-refractivity contribution in [3.63, 3.8) is 0 Å². The van der Waals surface area contributed by atoms with Crippen LogP contribution >= 0.6 is 0 Å². The van der Waals surface area contributed by atoms with Crippen molar-refractivity contribution in [2.24, 2.45) is 0 Å². The molecule has 0 saturated heterocycles. The van der Waals surface area contributed by atoms with Crippen molar-refractivity contribution in [2.75, 3.05) is 19.0 Å². The van der Waals surface area contributed by atoms with E-state index in [2.05, 4.69) is 12.1 Å². The number of phenolic OH excluding ortho intramolecular Hbond substituents is 1. The Morgan fingerprint density at radius 2 is 1.81 bits per heavy atom. The van der Waals surface area contributed by atoms with Gasteiger partial charge in [-0.05, 0) is 30.4 Å². The van der Waals surface area contributed by atoms with Crippen molar-refractivity contribution in [3.8, 4) is 5.75 Å². The lowest BCUT2D eigenvalue weighted by Gasteiger charge is -2.23. The molecular formula is C14H21NO. The Labute approximate surface area is 97.9 Å². The zero-order valence-corrected chi connectivity index (χ0v) is 10.2. The van der Waals surface area contributed by atoms with Crippen molar-refractivity contribution in [1.29, 1.82) is 0 Å². The summed E-state index contributed by atoms with van der Waals surface area (Å²) < 4.78 is 0. The average Bonchev–Trinajstić information content (AvgIpc) is 2.30. The van der Waals surface area contributed by atoms with E-state index in [1.807, 2.05) is 25.1 Å². The van der Waals surface area contributed by atoms with Gasteiger partial charge in [-0.1, -0.05) is 25.3 Å². The number of phenols is 1. The number of benzene rings is 1. The predicted molar refractivity (Wildman–Crippen MR) is 68.3 cm³/mol. The Hall–Kier alpha value is -1.18. The van der Waals surface area contributed by atoms with Gasteiger partial charge in [0.1, 0.15) is 5.75 Å². The molecule has 88 valence electrons. The lowest BCUT2D eigenvalue weighted by Crippen LogP contribution is -2.09. The summed E-state index contributed by atoms with van der Waals surface area (Å²) in [6, 6.07) is 6.08. The lowest BCUT2D eigenvalue weighted by atomic mass is 9.83. The summed E-state index contributed by atoms with van der Waals surface area (Å²) in [5.74, 6) is 1.04. The van der Waals surface area contributed by atoms with Gasteiger partial charge >= 0.3 is 0 Å². The summed E-state index contributed by atoms with van der Waals surface area (Å²) in [5, 5.41) is 10.1. The van der Waals surface area contributed by atoms with Crippen molar-refractivity contribution in [2.45, 2.75) is 38.0 Å². The topological polar surface area (TPSA) is 23.5 Å². The van der Waals surface area contributed by atoms with Crippen LogP contribution in [0.15, 0.2) is 18.2 Å². The highest BCUT2D eigenvalue weighted by Crippen LogP contribution is 2.38. The minimum absolute atomic E-state index is 0.470. The van der Waals surface area contributed by atoms with Crippen LogP contribution in [0, 0.1) is 0 Å². The summed E-state index contributed by atoms with van der Waals surface area (Å²) in [6.45, 7) is 0. The molecule has 0 amide bonds. The van der Waals surface area contributed by atoms with Gasteiger partial charge in [0.25, 0.3) is 0 Å². The van der Waals surface area contributed by atoms with Gasteiger partial charge in [-0.2, -0.15) is 0 Å². The van der Waals surface area contributed by atoms with Crippen LogP contribution in [0.5, 0.6) is 5.75 Å². The van der Waals surface area contributed by atoms with E-state index in [0.29, 0.717) is 11.7 Å². The van der Waals surface area contributed by atoms with Crippen LogP contribution in [0.4, 0.5) is 5.69 Å². The number of nitrogens with zero attached hydrogens (tertiary/aromatic N) is 1. The van der Waals surface area contributed by atoms with E-state index in [0.717, 1.165) is 11.3 Å². The molecule has 1 fully saturated rings. The third kappa shape index (κ3) is 2.31. The van der Waals surface area contributed by atoms with E-state index in [4.69, 9.17) is 0 Å². The Morgan fingerprint density at radius 1 is 1.12 bits per heavy atom. The van der Waals surface area contributed by atoms with E-state index < -0.39 is 0 Å². The van der Waals surface area contributed by atoms with Gasteiger partial charge in [-0.15, -0.1) is 0 Å². The fourth-order valence-corrected chi connectivity index (χ4v) is 2.57. The van der Waals surface area contributed by atoms with E-state index in [9.17, 15) is 5.11 Å². The van der Waals surface area contributed by atoms with Crippen LogP contribution in [0.25, 0.3) is 0 Å². The molecule has 0 spiro atoms. The van der Waals surface area contributed by atoms with Crippen LogP contribution in [-0.4, -0.2) is 19.2 Å². The number of hydrogen-bond donors (Lipinski definition) is 1. The molecular weight excluding hydrogens is 198 g/mol. The van der Waals surface area contributed by atoms with Gasteiger partial charge in [0.15, 0.2) is 0 Å². The van der Waals surface area contributed by atoms with Gasteiger partial charge in [0.05, 0.1) is 0 Å². The highest BCUT2D eigenvalue weighted by Gasteiger charge is 2.18. The third-order valence-corrected chi connectivity index (χ3v) is 3.58. The molecule has 0 aliphatic heterocycles. The predicted octanol–water partition coefficient (Wildman–Crippen LogP) is 3.51. The molecule has 1 aliphatic carbocycles. The lowest BCUT2D eigenvalue weighted by molar-refractivity contribution is 0.414. The number of rotatable bonds is 2. The van der Waals surface area contributed by atoms with Gasteiger partial charge in [0.2, 0.25) is 0 Å². The van der Waals surface area contributed by atoms with E-state index in [-0.39, 0.29) is 0 Å². The molecule has 2 heteroatoms. The SMILES string of the molecule is CN(C)c1ccc(C2CCCCC2)c(O)c1. The van der Waals surface area contributed by atoms with Gasteiger partial charge in [-0.3, -0.25) is 0 Å². The van der Waals surface area contributed by atoms with Crippen LogP contribution in [0.2, 0.25) is 0 Å². The van der Waals surface area contributed by atoms with E-state index in [1.54, 1.807) is 0 Å². The highest BCUT2D eigenvalue weighted by atomic mass is 16.3. The normalized spacial score (nSPS) is 17.4. The molecule has 0 unspecified atom stereocenters. The van der Waals surface area contributed by atoms with E-state index in [1.165, 1.54) is 32.1 Å². The summed E-state index contributed by atoms with van der Waals surface area (Å²) >= 11 is 0. The zero-order valence-electron chi connectivity index (χ0n) is 10.2. The molecule has 0 atom stereocenters. The fraction of sp³-hybridized carbons (Fsp3) is 0.571. The number of hydrogen-bond acceptors (Lipinski definition) is 2. The molecule has 1 aliphatic rings. The molecule has 16 heavy (non-hydrogen) atoms. The molecule has 1 aromatic carbocycles. The molecule has 1 aromatic rings. The van der Waals surface area contributed by atoms with Crippen molar-refractivity contribution in [1.82, 2.24) is 0 Å². The monoisotopic (exact) mass is 219 g/mol. The second-order valence-corrected chi connectivity index (χ2v) is 4.97. The largest absolute Gasteiger partial charge is 0.508 e. The summed E-state index contributed by atoms with van der Waals surface area (Å²) in [4.78, 5) is 2.02. The summed E-state index contributed by atoms with van der Waals surface area (Å²) in [5.41, 5.74) is 2.21. The average molecular weight is 219 g/mol. The Morgan fingerprint density at radius 3 is 2.38 bits per heavy atom. The van der Waals surface area contributed by atoms with Crippen molar-refractivity contribution in [3.05, 3.63) is 23.8 Å². The van der Waals surface area contributed by atoms with Crippen molar-refractivity contribution < 1.29 is 5.11 Å². The smallest absolute Gasteiger partial charge is 0.121 e. The molecule has 1 saturated carbocycles. The van der Waals surface area contributed by atoms with Crippen LogP contribution in [0.1, 0.15) is 43.6 Å². The first-order chi connectivity index (χ1) is 7.68. The van der Waals surface area contributed by atoms with Crippen LogP contribution < -0.4 is 4.90 Å². The standard InChI is InChI=1S/C14H21NO/c1-15(2)12-8-9-13(14(16)10-12)11-6-4-3-5-7-11/h8-11,16H,3-7H2,1-2H3. The quantitative estimate of drug-likeness (QED) is 0.822. The third-order valence-electron chi connectivity index (χ3n) is 3.58. The summed E-state index contributed by atoms with van der Waals surface area (Å²) in [7, 11) is 3.99. The maximum absolute atomic E-state index is 10.1. The van der Waals surface area contributed by atoms with Gasteiger partial charge in [0, 0.05) is 25.8 Å². The summed E-state index contributed by atoms with van der Waals surface area (Å²) in [6.07, 6.45) is 6.43. The zero-order chi connectivity index (χ0) is 11.5. The maximum atomic E-state index is 10.1. The number of anilines is 1. The van der Waals surface area contributed by atoms with Gasteiger partial charge < -0.3 is 10.0 Å². The molecule has 2 nitrogen and oxygen atoms in total. The van der Waals surface area contributed by atoms with E-state index >= 15 is 0 Å². The first kappa shape index (κ1) is 11.3. The van der Waals surface area contributed by atoms with Crippen LogP contribution in [-0.2, 0) is 0 Å². The molecule has 0 heterocycles. The molecule has 1 N–H and O–H groups in total. The van der Waals surface area contributed by atoms with Crippen molar-refractivity contribution >= 4 is 5.69 Å². The van der Waals surface area contributed by atoms with Gasteiger partial charge in [-0.25, -0.2) is 0 Å². The Bertz CT molecular complexity index is 354. The first-order valence-corrected chi connectivity index (χ1v) is 6.18. The molecule has 2 rings (SSSR count). The minimum Gasteiger partial charge on any atom is -0.508 e. The first-order valence-electron chi connectivity index (χ1n) is 6.18. The Balaban J connectivity index is 2.21. The minimum atomic E-state index is 0.470. The molecule has 0 radical (unpaired) electrons. The van der Waals surface area contributed by atoms with Crippen LogP contribution in [0.3, 0.4) is 0 Å². The maximum Gasteiger partial charge on any atom is 0.121 e. The fourth-order valence-electron chi connectivity index (χ4n) is 2.57. The molecule has 0 aromatic heterocycles. The second kappa shape index (κ2) is 4.77. The molecule has 0 bridgehead atoms. The Kier molecular flexibility index (Phi) is 3.37. The highest BCUT2D eigenvalue weighted by molar-refractivity contribution is 5.53.